The molecule has 5 nitrogen and oxygen atoms in total. The number of likely N-dealkylation sites (tertiary alicyclic amines) is 1. The smallest absolute Gasteiger partial charge is 0.228 e. The van der Waals surface area contributed by atoms with Gasteiger partial charge in [0.1, 0.15) is 0 Å². The van der Waals surface area contributed by atoms with E-state index in [1.165, 1.54) is 38.8 Å². The molecule has 1 saturated heterocycles. The van der Waals surface area contributed by atoms with Crippen molar-refractivity contribution in [3.63, 3.8) is 0 Å². The Hall–Kier alpha value is -1.88. The monoisotopic (exact) mass is 339 g/mol. The zero-order valence-electron chi connectivity index (χ0n) is 15.5. The molecule has 0 radical (unpaired) electrons. The van der Waals surface area contributed by atoms with E-state index in [0.29, 0.717) is 0 Å². The van der Waals surface area contributed by atoms with Crippen LogP contribution in [0.4, 0.5) is 5.95 Å². The maximum Gasteiger partial charge on any atom is 0.228 e. The zero-order chi connectivity index (χ0) is 17.3. The summed E-state index contributed by atoms with van der Waals surface area (Å²) in [4.78, 5) is 5.03. The molecule has 0 aliphatic carbocycles. The molecule has 0 saturated carbocycles. The summed E-state index contributed by atoms with van der Waals surface area (Å²) < 4.78 is 2.32. The lowest BCUT2D eigenvalue weighted by Gasteiger charge is -2.41. The Balaban J connectivity index is 1.63. The van der Waals surface area contributed by atoms with Gasteiger partial charge in [0.15, 0.2) is 5.82 Å². The van der Waals surface area contributed by atoms with Crippen LogP contribution in [0.1, 0.15) is 39.5 Å². The molecule has 4 rings (SSSR count). The van der Waals surface area contributed by atoms with Gasteiger partial charge in [-0.2, -0.15) is 0 Å². The molecule has 0 amide bonds. The van der Waals surface area contributed by atoms with Gasteiger partial charge in [-0.1, -0.05) is 57.0 Å². The first-order chi connectivity index (χ1) is 12.1. The van der Waals surface area contributed by atoms with Crippen molar-refractivity contribution in [2.24, 2.45) is 5.41 Å². The Labute approximate surface area is 150 Å². The van der Waals surface area contributed by atoms with E-state index in [1.807, 2.05) is 6.07 Å². The van der Waals surface area contributed by atoms with Crippen molar-refractivity contribution in [1.29, 1.82) is 0 Å². The lowest BCUT2D eigenvalue weighted by molar-refractivity contribution is 0.230. The van der Waals surface area contributed by atoms with Crippen LogP contribution in [-0.4, -0.2) is 46.0 Å². The first-order valence-electron chi connectivity index (χ1n) is 9.58. The van der Waals surface area contributed by atoms with E-state index in [4.69, 9.17) is 0 Å². The molecule has 1 aromatic carbocycles. The summed E-state index contributed by atoms with van der Waals surface area (Å²) in [6.07, 6.45) is 5.38. The largest absolute Gasteiger partial charge is 0.327 e. The van der Waals surface area contributed by atoms with Gasteiger partial charge in [-0.05, 0) is 25.9 Å². The first-order valence-corrected chi connectivity index (χ1v) is 9.58. The summed E-state index contributed by atoms with van der Waals surface area (Å²) in [7, 11) is 0. The van der Waals surface area contributed by atoms with Crippen LogP contribution in [0.25, 0.3) is 11.4 Å². The maximum atomic E-state index is 4.58. The molecule has 0 N–H and O–H groups in total. The maximum absolute atomic E-state index is 4.58. The second kappa shape index (κ2) is 6.79. The minimum atomic E-state index is 0.213. The molecule has 2 aromatic rings. The third kappa shape index (κ3) is 3.56. The number of aromatic nitrogens is 3. The predicted molar refractivity (Wildman–Crippen MR) is 101 cm³/mol. The van der Waals surface area contributed by atoms with Crippen molar-refractivity contribution in [3.8, 4) is 11.4 Å². The second-order valence-electron chi connectivity index (χ2n) is 8.31. The Bertz CT molecular complexity index is 698. The van der Waals surface area contributed by atoms with Gasteiger partial charge in [0.2, 0.25) is 5.95 Å². The van der Waals surface area contributed by atoms with Crippen LogP contribution in [-0.2, 0) is 6.54 Å². The van der Waals surface area contributed by atoms with Gasteiger partial charge in [-0.25, -0.2) is 0 Å². The van der Waals surface area contributed by atoms with E-state index in [2.05, 4.69) is 62.7 Å². The highest BCUT2D eigenvalue weighted by molar-refractivity contribution is 5.58. The number of anilines is 1. The SMILES string of the molecule is CC1(C)CN(CN2CCCCCC2)c2nnc(-c3ccccc3)n2C1. The third-order valence-corrected chi connectivity index (χ3v) is 5.32. The number of benzene rings is 1. The molecule has 25 heavy (non-hydrogen) atoms. The summed E-state index contributed by atoms with van der Waals surface area (Å²) >= 11 is 0. The number of fused-ring (bicyclic) bond motifs is 1. The molecule has 0 spiro atoms. The number of hydrogen-bond donors (Lipinski definition) is 0. The van der Waals surface area contributed by atoms with Crippen molar-refractivity contribution in [3.05, 3.63) is 30.3 Å². The van der Waals surface area contributed by atoms with E-state index in [0.717, 1.165) is 37.1 Å². The molecule has 134 valence electrons. The van der Waals surface area contributed by atoms with Gasteiger partial charge < -0.3 is 4.90 Å². The minimum Gasteiger partial charge on any atom is -0.327 e. The highest BCUT2D eigenvalue weighted by atomic mass is 15.5. The van der Waals surface area contributed by atoms with Crippen molar-refractivity contribution >= 4 is 5.95 Å². The molecular weight excluding hydrogens is 310 g/mol. The fraction of sp³-hybridized carbons (Fsp3) is 0.600. The summed E-state index contributed by atoms with van der Waals surface area (Å²) in [6.45, 7) is 10.1. The van der Waals surface area contributed by atoms with Gasteiger partial charge in [-0.15, -0.1) is 10.2 Å². The topological polar surface area (TPSA) is 37.2 Å². The number of rotatable bonds is 3. The minimum absolute atomic E-state index is 0.213. The Morgan fingerprint density at radius 1 is 0.920 bits per heavy atom. The Morgan fingerprint density at radius 3 is 2.36 bits per heavy atom. The lowest BCUT2D eigenvalue weighted by Crippen LogP contribution is -2.48. The van der Waals surface area contributed by atoms with Gasteiger partial charge in [0.25, 0.3) is 0 Å². The number of hydrogen-bond acceptors (Lipinski definition) is 4. The van der Waals surface area contributed by atoms with Gasteiger partial charge in [0.05, 0.1) is 6.67 Å². The first kappa shape index (κ1) is 16.6. The summed E-state index contributed by atoms with van der Waals surface area (Å²) in [5, 5.41) is 9.13. The van der Waals surface area contributed by atoms with Crippen molar-refractivity contribution in [2.75, 3.05) is 31.2 Å². The van der Waals surface area contributed by atoms with Crippen LogP contribution in [0.15, 0.2) is 30.3 Å². The van der Waals surface area contributed by atoms with Crippen molar-refractivity contribution in [1.82, 2.24) is 19.7 Å². The lowest BCUT2D eigenvalue weighted by atomic mass is 9.91. The van der Waals surface area contributed by atoms with Crippen LogP contribution in [0.3, 0.4) is 0 Å². The normalized spacial score (nSPS) is 21.0. The Morgan fingerprint density at radius 2 is 1.64 bits per heavy atom. The molecule has 1 fully saturated rings. The third-order valence-electron chi connectivity index (χ3n) is 5.32. The summed E-state index contributed by atoms with van der Waals surface area (Å²) in [5.41, 5.74) is 1.36. The molecule has 5 heteroatoms. The van der Waals surface area contributed by atoms with Crippen LogP contribution in [0, 0.1) is 5.41 Å². The summed E-state index contributed by atoms with van der Waals surface area (Å²) in [6, 6.07) is 10.4. The van der Waals surface area contributed by atoms with Crippen LogP contribution in [0.2, 0.25) is 0 Å². The average molecular weight is 339 g/mol. The molecule has 2 aliphatic rings. The molecule has 0 bridgehead atoms. The standard InChI is InChI=1S/C20H29N5/c1-20(2)14-24(16-23-12-8-3-4-9-13-23)19-22-21-18(25(19)15-20)17-10-6-5-7-11-17/h5-7,10-11H,3-4,8-9,12-16H2,1-2H3. The molecule has 1 aromatic heterocycles. The summed E-state index contributed by atoms with van der Waals surface area (Å²) in [5.74, 6) is 2.02. The highest BCUT2D eigenvalue weighted by Crippen LogP contribution is 2.34. The quantitative estimate of drug-likeness (QED) is 0.856. The van der Waals surface area contributed by atoms with Gasteiger partial charge in [0, 0.05) is 24.1 Å². The molecule has 3 heterocycles. The number of nitrogens with zero attached hydrogens (tertiary/aromatic N) is 5. The molecule has 2 aliphatic heterocycles. The average Bonchev–Trinajstić information content (AvgIpc) is 2.83. The predicted octanol–water partition coefficient (Wildman–Crippen LogP) is 3.62. The van der Waals surface area contributed by atoms with Crippen LogP contribution >= 0.6 is 0 Å². The van der Waals surface area contributed by atoms with E-state index < -0.39 is 0 Å². The van der Waals surface area contributed by atoms with Crippen LogP contribution in [0.5, 0.6) is 0 Å². The van der Waals surface area contributed by atoms with E-state index >= 15 is 0 Å². The molecule has 0 unspecified atom stereocenters. The highest BCUT2D eigenvalue weighted by Gasteiger charge is 2.34. The van der Waals surface area contributed by atoms with E-state index in [-0.39, 0.29) is 5.41 Å². The molecule has 0 atom stereocenters. The van der Waals surface area contributed by atoms with Crippen molar-refractivity contribution < 1.29 is 0 Å². The Kier molecular flexibility index (Phi) is 4.50. The van der Waals surface area contributed by atoms with Gasteiger partial charge in [-0.3, -0.25) is 9.47 Å². The van der Waals surface area contributed by atoms with Crippen LogP contribution < -0.4 is 4.90 Å². The van der Waals surface area contributed by atoms with Crippen molar-refractivity contribution in [2.45, 2.75) is 46.1 Å². The fourth-order valence-electron chi connectivity index (χ4n) is 4.17. The van der Waals surface area contributed by atoms with E-state index in [9.17, 15) is 0 Å². The van der Waals surface area contributed by atoms with E-state index in [1.54, 1.807) is 0 Å². The van der Waals surface area contributed by atoms with Gasteiger partial charge >= 0.3 is 0 Å². The zero-order valence-corrected chi connectivity index (χ0v) is 15.5. The second-order valence-corrected chi connectivity index (χ2v) is 8.31. The fourth-order valence-corrected chi connectivity index (χ4v) is 4.17. The molecular formula is C20H29N5.